The first-order valence-electron chi connectivity index (χ1n) is 12.2. The molecule has 1 aliphatic rings. The van der Waals surface area contributed by atoms with E-state index in [1.54, 1.807) is 12.1 Å². The fourth-order valence-electron chi connectivity index (χ4n) is 3.99. The number of halogens is 1. The van der Waals surface area contributed by atoms with E-state index in [1.165, 1.54) is 12.1 Å². The van der Waals surface area contributed by atoms with Gasteiger partial charge in [-0.25, -0.2) is 4.39 Å². The highest BCUT2D eigenvalue weighted by atomic mass is 19.1. The first-order valence-corrected chi connectivity index (χ1v) is 12.2. The monoisotopic (exact) mass is 469 g/mol. The van der Waals surface area contributed by atoms with Crippen molar-refractivity contribution < 1.29 is 18.7 Å². The minimum atomic E-state index is -0.273. The van der Waals surface area contributed by atoms with Crippen molar-refractivity contribution in [2.24, 2.45) is 0 Å². The smallest absolute Gasteiger partial charge is 0.248 e. The summed E-state index contributed by atoms with van der Waals surface area (Å²) in [6, 6.07) is 16.2. The average molecular weight is 470 g/mol. The van der Waals surface area contributed by atoms with Crippen LogP contribution in [0.15, 0.2) is 54.6 Å². The van der Waals surface area contributed by atoms with Crippen LogP contribution >= 0.6 is 0 Å². The van der Waals surface area contributed by atoms with Crippen molar-refractivity contribution in [1.82, 2.24) is 14.7 Å². The molecule has 184 valence electrons. The minimum absolute atomic E-state index is 0.0169. The van der Waals surface area contributed by atoms with Crippen molar-refractivity contribution in [3.63, 3.8) is 0 Å². The lowest BCUT2D eigenvalue weighted by atomic mass is 10.1. The van der Waals surface area contributed by atoms with Crippen LogP contribution in [0.4, 0.5) is 4.39 Å². The molecular weight excluding hydrogens is 433 g/mol. The topological polar surface area (TPSA) is 53.1 Å². The molecule has 3 rings (SSSR count). The SMILES string of the molecule is CCCCC(=O)N(CCN1CCN(C(=O)COCc2ccccc2)CC1)Cc1ccc(F)cc1. The molecule has 6 nitrogen and oxygen atoms in total. The number of hydrogen-bond donors (Lipinski definition) is 0. The Labute approximate surface area is 202 Å². The molecule has 0 unspecified atom stereocenters. The number of nitrogens with zero attached hydrogens (tertiary/aromatic N) is 3. The van der Waals surface area contributed by atoms with Gasteiger partial charge >= 0.3 is 0 Å². The van der Waals surface area contributed by atoms with Gasteiger partial charge in [0, 0.05) is 52.2 Å². The van der Waals surface area contributed by atoms with Crippen molar-refractivity contribution in [3.05, 3.63) is 71.5 Å². The van der Waals surface area contributed by atoms with Gasteiger partial charge < -0.3 is 14.5 Å². The second-order valence-electron chi connectivity index (χ2n) is 8.75. The Balaban J connectivity index is 1.42. The summed E-state index contributed by atoms with van der Waals surface area (Å²) in [5.74, 6) is -0.121. The highest BCUT2D eigenvalue weighted by Gasteiger charge is 2.22. The van der Waals surface area contributed by atoms with E-state index < -0.39 is 0 Å². The number of amides is 2. The summed E-state index contributed by atoms with van der Waals surface area (Å²) in [5, 5.41) is 0. The zero-order chi connectivity index (χ0) is 24.2. The molecule has 0 radical (unpaired) electrons. The maximum absolute atomic E-state index is 13.3. The summed E-state index contributed by atoms with van der Waals surface area (Å²) in [6.07, 6.45) is 2.37. The quantitative estimate of drug-likeness (QED) is 0.476. The van der Waals surface area contributed by atoms with Gasteiger partial charge in [-0.2, -0.15) is 0 Å². The zero-order valence-corrected chi connectivity index (χ0v) is 20.1. The van der Waals surface area contributed by atoms with E-state index in [9.17, 15) is 14.0 Å². The molecule has 1 aliphatic heterocycles. The Morgan fingerprint density at radius 1 is 0.971 bits per heavy atom. The molecule has 1 fully saturated rings. The lowest BCUT2D eigenvalue weighted by Crippen LogP contribution is -2.51. The van der Waals surface area contributed by atoms with Crippen molar-refractivity contribution in [2.45, 2.75) is 39.3 Å². The van der Waals surface area contributed by atoms with Crippen molar-refractivity contribution in [2.75, 3.05) is 45.9 Å². The Morgan fingerprint density at radius 2 is 1.68 bits per heavy atom. The normalized spacial score (nSPS) is 14.2. The Morgan fingerprint density at radius 3 is 2.35 bits per heavy atom. The van der Waals surface area contributed by atoms with Gasteiger partial charge in [-0.1, -0.05) is 55.8 Å². The minimum Gasteiger partial charge on any atom is -0.367 e. The van der Waals surface area contributed by atoms with E-state index in [4.69, 9.17) is 4.74 Å². The van der Waals surface area contributed by atoms with Crippen LogP contribution in [0.3, 0.4) is 0 Å². The Hall–Kier alpha value is -2.77. The van der Waals surface area contributed by atoms with E-state index in [0.717, 1.165) is 43.6 Å². The van der Waals surface area contributed by atoms with Crippen molar-refractivity contribution >= 4 is 11.8 Å². The molecule has 0 aromatic heterocycles. The van der Waals surface area contributed by atoms with E-state index in [0.29, 0.717) is 39.2 Å². The molecule has 2 amide bonds. The molecular formula is C27H36FN3O3. The van der Waals surface area contributed by atoms with E-state index in [2.05, 4.69) is 11.8 Å². The number of rotatable bonds is 12. The summed E-state index contributed by atoms with van der Waals surface area (Å²) in [6.45, 7) is 7.33. The van der Waals surface area contributed by atoms with E-state index >= 15 is 0 Å². The highest BCUT2D eigenvalue weighted by Crippen LogP contribution is 2.11. The summed E-state index contributed by atoms with van der Waals surface area (Å²) < 4.78 is 18.8. The molecule has 1 heterocycles. The fourth-order valence-corrected chi connectivity index (χ4v) is 3.99. The molecule has 0 bridgehead atoms. The van der Waals surface area contributed by atoms with Gasteiger partial charge in [0.2, 0.25) is 11.8 Å². The van der Waals surface area contributed by atoms with Crippen LogP contribution in [0.5, 0.6) is 0 Å². The predicted molar refractivity (Wildman–Crippen MR) is 130 cm³/mol. The molecule has 1 saturated heterocycles. The van der Waals surface area contributed by atoms with Gasteiger partial charge in [-0.3, -0.25) is 14.5 Å². The third-order valence-electron chi connectivity index (χ3n) is 6.13. The van der Waals surface area contributed by atoms with Crippen LogP contribution in [0, 0.1) is 5.82 Å². The maximum Gasteiger partial charge on any atom is 0.248 e. The molecule has 2 aromatic rings. The van der Waals surface area contributed by atoms with Crippen LogP contribution in [-0.4, -0.2) is 72.4 Å². The number of carbonyl (C=O) groups is 2. The number of carbonyl (C=O) groups excluding carboxylic acids is 2. The maximum atomic E-state index is 13.3. The van der Waals surface area contributed by atoms with Gasteiger partial charge in [0.25, 0.3) is 0 Å². The van der Waals surface area contributed by atoms with Gasteiger partial charge in [-0.05, 0) is 29.7 Å². The summed E-state index contributed by atoms with van der Waals surface area (Å²) in [7, 11) is 0. The zero-order valence-electron chi connectivity index (χ0n) is 20.1. The molecule has 34 heavy (non-hydrogen) atoms. The molecule has 7 heteroatoms. The third-order valence-corrected chi connectivity index (χ3v) is 6.13. The van der Waals surface area contributed by atoms with Gasteiger partial charge in [0.05, 0.1) is 6.61 Å². The molecule has 0 atom stereocenters. The number of piperazine rings is 1. The lowest BCUT2D eigenvalue weighted by molar-refractivity contribution is -0.138. The molecule has 2 aromatic carbocycles. The number of unbranched alkanes of at least 4 members (excludes halogenated alkanes) is 1. The van der Waals surface area contributed by atoms with Crippen LogP contribution in [0.25, 0.3) is 0 Å². The van der Waals surface area contributed by atoms with Crippen LogP contribution in [0.2, 0.25) is 0 Å². The number of hydrogen-bond acceptors (Lipinski definition) is 4. The second-order valence-corrected chi connectivity index (χ2v) is 8.75. The van der Waals surface area contributed by atoms with E-state index in [-0.39, 0.29) is 24.2 Å². The van der Waals surface area contributed by atoms with Gasteiger partial charge in [0.1, 0.15) is 12.4 Å². The Kier molecular flexibility index (Phi) is 10.5. The molecule has 0 N–H and O–H groups in total. The first kappa shape index (κ1) is 25.8. The van der Waals surface area contributed by atoms with Crippen LogP contribution in [-0.2, 0) is 27.5 Å². The van der Waals surface area contributed by atoms with Crippen LogP contribution < -0.4 is 0 Å². The fraction of sp³-hybridized carbons (Fsp3) is 0.481. The van der Waals surface area contributed by atoms with Gasteiger partial charge in [-0.15, -0.1) is 0 Å². The number of ether oxygens (including phenoxy) is 1. The van der Waals surface area contributed by atoms with Crippen LogP contribution in [0.1, 0.15) is 37.3 Å². The first-order chi connectivity index (χ1) is 16.5. The predicted octanol–water partition coefficient (Wildman–Crippen LogP) is 3.71. The van der Waals surface area contributed by atoms with Crippen molar-refractivity contribution in [3.8, 4) is 0 Å². The van der Waals surface area contributed by atoms with Crippen molar-refractivity contribution in [1.29, 1.82) is 0 Å². The average Bonchev–Trinajstić information content (AvgIpc) is 2.87. The van der Waals surface area contributed by atoms with Gasteiger partial charge in [0.15, 0.2) is 0 Å². The Bertz CT molecular complexity index is 884. The number of benzene rings is 2. The highest BCUT2D eigenvalue weighted by molar-refractivity contribution is 5.77. The van der Waals surface area contributed by atoms with E-state index in [1.807, 2.05) is 40.1 Å². The molecule has 0 aliphatic carbocycles. The second kappa shape index (κ2) is 13.8. The largest absolute Gasteiger partial charge is 0.367 e. The lowest BCUT2D eigenvalue weighted by Gasteiger charge is -2.36. The molecule has 0 spiro atoms. The third kappa shape index (κ3) is 8.54. The molecule has 0 saturated carbocycles. The summed E-state index contributed by atoms with van der Waals surface area (Å²) >= 11 is 0. The summed E-state index contributed by atoms with van der Waals surface area (Å²) in [5.41, 5.74) is 1.98. The standard InChI is InChI=1S/C27H36FN3O3/c1-2-3-9-26(32)31(20-23-10-12-25(28)13-11-23)19-16-29-14-17-30(18-15-29)27(33)22-34-21-24-7-5-4-6-8-24/h4-8,10-13H,2-3,9,14-22H2,1H3. The summed E-state index contributed by atoms with van der Waals surface area (Å²) in [4.78, 5) is 31.3.